The number of carboxylic acids is 1. The van der Waals surface area contributed by atoms with Crippen LogP contribution in [0.5, 0.6) is 5.75 Å². The van der Waals surface area contributed by atoms with E-state index in [0.29, 0.717) is 28.6 Å². The Morgan fingerprint density at radius 3 is 2.39 bits per heavy atom. The Labute approximate surface area is 220 Å². The Balaban J connectivity index is 1.42. The highest BCUT2D eigenvalue weighted by molar-refractivity contribution is 8.25. The number of benzene rings is 3. The SMILES string of the molecule is COc1ccccc1C(=O)/C=C/c1ccc(/C=C2/CN([C@@H](Cc3ccccc3)C(=O)O)C(=S)S2)cc1. The predicted molar refractivity (Wildman–Crippen MR) is 149 cm³/mol. The van der Waals surface area contributed by atoms with E-state index in [4.69, 9.17) is 17.0 Å². The number of para-hydroxylation sites is 1. The van der Waals surface area contributed by atoms with Crippen molar-refractivity contribution in [1.29, 1.82) is 0 Å². The molecule has 5 nitrogen and oxygen atoms in total. The van der Waals surface area contributed by atoms with Crippen LogP contribution < -0.4 is 4.74 Å². The van der Waals surface area contributed by atoms with Gasteiger partial charge in [0.15, 0.2) is 5.78 Å². The molecule has 36 heavy (non-hydrogen) atoms. The number of carbonyl (C=O) groups is 2. The van der Waals surface area contributed by atoms with Gasteiger partial charge in [-0.15, -0.1) is 0 Å². The first-order chi connectivity index (χ1) is 17.4. The second-order valence-electron chi connectivity index (χ2n) is 8.21. The fraction of sp³-hybridized carbons (Fsp3) is 0.138. The summed E-state index contributed by atoms with van der Waals surface area (Å²) in [5.41, 5.74) is 3.35. The summed E-state index contributed by atoms with van der Waals surface area (Å²) < 4.78 is 5.83. The standard InChI is InChI=1S/C29H25NO4S2/c1-34-27-10-6-5-9-24(27)26(31)16-15-20-11-13-22(14-12-20)17-23-19-30(29(35)36-23)25(28(32)33)18-21-7-3-2-4-8-21/h2-17,25H,18-19H2,1H3,(H,32,33)/b16-15+,23-17-/t25-/m0/s1. The van der Waals surface area contributed by atoms with Gasteiger partial charge < -0.3 is 14.7 Å². The van der Waals surface area contributed by atoms with E-state index in [1.54, 1.807) is 36.3 Å². The lowest BCUT2D eigenvalue weighted by Crippen LogP contribution is -2.42. The van der Waals surface area contributed by atoms with Crippen molar-refractivity contribution < 1.29 is 19.4 Å². The number of ketones is 1. The van der Waals surface area contributed by atoms with Crippen molar-refractivity contribution in [1.82, 2.24) is 4.90 Å². The average molecular weight is 516 g/mol. The van der Waals surface area contributed by atoms with Crippen LogP contribution in [0.1, 0.15) is 27.0 Å². The zero-order valence-electron chi connectivity index (χ0n) is 19.7. The minimum Gasteiger partial charge on any atom is -0.496 e. The number of aliphatic carboxylic acids is 1. The zero-order chi connectivity index (χ0) is 25.5. The van der Waals surface area contributed by atoms with Gasteiger partial charge in [0.05, 0.1) is 19.2 Å². The van der Waals surface area contributed by atoms with Gasteiger partial charge in [-0.2, -0.15) is 0 Å². The summed E-state index contributed by atoms with van der Waals surface area (Å²) in [6.07, 6.45) is 5.71. The van der Waals surface area contributed by atoms with Crippen LogP contribution in [0.2, 0.25) is 0 Å². The molecule has 1 saturated heterocycles. The van der Waals surface area contributed by atoms with Gasteiger partial charge in [0.25, 0.3) is 0 Å². The number of thioether (sulfide) groups is 1. The molecule has 3 aromatic rings. The number of allylic oxidation sites excluding steroid dienone is 1. The van der Waals surface area contributed by atoms with Gasteiger partial charge in [0.1, 0.15) is 16.1 Å². The minimum absolute atomic E-state index is 0.127. The molecule has 1 heterocycles. The molecular weight excluding hydrogens is 490 g/mol. The first kappa shape index (κ1) is 25.4. The molecule has 0 aromatic heterocycles. The first-order valence-corrected chi connectivity index (χ1v) is 12.6. The van der Waals surface area contributed by atoms with Gasteiger partial charge in [-0.25, -0.2) is 4.79 Å². The number of rotatable bonds is 9. The molecule has 0 unspecified atom stereocenters. The largest absolute Gasteiger partial charge is 0.496 e. The second kappa shape index (κ2) is 11.8. The molecule has 1 aliphatic heterocycles. The molecule has 0 bridgehead atoms. The van der Waals surface area contributed by atoms with Gasteiger partial charge in [-0.1, -0.05) is 96.8 Å². The highest BCUT2D eigenvalue weighted by Gasteiger charge is 2.33. The van der Waals surface area contributed by atoms with Crippen molar-refractivity contribution in [2.24, 2.45) is 0 Å². The van der Waals surface area contributed by atoms with E-state index in [2.05, 4.69) is 0 Å². The molecule has 0 amide bonds. The topological polar surface area (TPSA) is 66.8 Å². The molecule has 0 radical (unpaired) electrons. The van der Waals surface area contributed by atoms with Gasteiger partial charge in [-0.05, 0) is 41.0 Å². The third kappa shape index (κ3) is 6.30. The smallest absolute Gasteiger partial charge is 0.326 e. The Bertz CT molecular complexity index is 1320. The van der Waals surface area contributed by atoms with E-state index in [1.165, 1.54) is 17.8 Å². The molecule has 0 saturated carbocycles. The maximum Gasteiger partial charge on any atom is 0.326 e. The van der Waals surface area contributed by atoms with Gasteiger partial charge >= 0.3 is 5.97 Å². The number of ether oxygens (including phenoxy) is 1. The highest BCUT2D eigenvalue weighted by atomic mass is 32.2. The Morgan fingerprint density at radius 2 is 1.69 bits per heavy atom. The van der Waals surface area contributed by atoms with Crippen LogP contribution in [0, 0.1) is 0 Å². The molecule has 7 heteroatoms. The van der Waals surface area contributed by atoms with E-state index in [9.17, 15) is 14.7 Å². The third-order valence-electron chi connectivity index (χ3n) is 5.78. The van der Waals surface area contributed by atoms with E-state index in [0.717, 1.165) is 21.6 Å². The summed E-state index contributed by atoms with van der Waals surface area (Å²) in [7, 11) is 1.54. The number of hydrogen-bond acceptors (Lipinski definition) is 5. The molecular formula is C29H25NO4S2. The quantitative estimate of drug-likeness (QED) is 0.214. The lowest BCUT2D eigenvalue weighted by atomic mass is 10.0. The third-order valence-corrected chi connectivity index (χ3v) is 7.18. The lowest BCUT2D eigenvalue weighted by molar-refractivity contribution is -0.141. The number of carboxylic acid groups (broad SMARTS) is 1. The number of methoxy groups -OCH3 is 1. The lowest BCUT2D eigenvalue weighted by Gasteiger charge is -2.25. The Hall–Kier alpha value is -3.68. The Morgan fingerprint density at radius 1 is 1.03 bits per heavy atom. The fourth-order valence-corrected chi connectivity index (χ4v) is 5.36. The van der Waals surface area contributed by atoms with Crippen molar-refractivity contribution in [3.8, 4) is 5.75 Å². The number of carbonyl (C=O) groups excluding carboxylic acids is 1. The number of thiocarbonyl (C=S) groups is 1. The van der Waals surface area contributed by atoms with Crippen LogP contribution in [0.15, 0.2) is 89.8 Å². The summed E-state index contributed by atoms with van der Waals surface area (Å²) >= 11 is 6.95. The van der Waals surface area contributed by atoms with E-state index < -0.39 is 12.0 Å². The highest BCUT2D eigenvalue weighted by Crippen LogP contribution is 2.33. The van der Waals surface area contributed by atoms with Crippen molar-refractivity contribution in [3.63, 3.8) is 0 Å². The van der Waals surface area contributed by atoms with Gasteiger partial charge in [0.2, 0.25) is 0 Å². The van der Waals surface area contributed by atoms with Crippen LogP contribution in [0.25, 0.3) is 12.2 Å². The van der Waals surface area contributed by atoms with Crippen LogP contribution in [-0.4, -0.2) is 45.8 Å². The normalized spacial score (nSPS) is 15.4. The molecule has 1 N–H and O–H groups in total. The number of hydrogen-bond donors (Lipinski definition) is 1. The summed E-state index contributed by atoms with van der Waals surface area (Å²) in [6.45, 7) is 0.461. The van der Waals surface area contributed by atoms with Crippen molar-refractivity contribution in [2.75, 3.05) is 13.7 Å². The Kier molecular flexibility index (Phi) is 8.36. The van der Waals surface area contributed by atoms with E-state index in [-0.39, 0.29) is 5.78 Å². The van der Waals surface area contributed by atoms with Crippen LogP contribution in [0.4, 0.5) is 0 Å². The molecule has 3 aromatic carbocycles. The first-order valence-electron chi connectivity index (χ1n) is 11.4. The summed E-state index contributed by atoms with van der Waals surface area (Å²) in [5, 5.41) is 9.84. The molecule has 0 aliphatic carbocycles. The monoisotopic (exact) mass is 515 g/mol. The molecule has 1 fully saturated rings. The van der Waals surface area contributed by atoms with E-state index in [1.807, 2.05) is 66.7 Å². The summed E-state index contributed by atoms with van der Waals surface area (Å²) in [4.78, 5) is 27.3. The molecule has 182 valence electrons. The summed E-state index contributed by atoms with van der Waals surface area (Å²) in [5.74, 6) is -0.469. The van der Waals surface area contributed by atoms with Gasteiger partial charge in [-0.3, -0.25) is 4.79 Å². The minimum atomic E-state index is -0.887. The van der Waals surface area contributed by atoms with Crippen LogP contribution in [-0.2, 0) is 11.2 Å². The van der Waals surface area contributed by atoms with Crippen molar-refractivity contribution >= 4 is 52.2 Å². The molecule has 0 spiro atoms. The zero-order valence-corrected chi connectivity index (χ0v) is 21.3. The predicted octanol–water partition coefficient (Wildman–Crippen LogP) is 5.96. The van der Waals surface area contributed by atoms with Crippen LogP contribution in [0.3, 0.4) is 0 Å². The average Bonchev–Trinajstić information content (AvgIpc) is 3.26. The van der Waals surface area contributed by atoms with Gasteiger partial charge in [0, 0.05) is 11.3 Å². The van der Waals surface area contributed by atoms with Crippen LogP contribution >= 0.6 is 24.0 Å². The molecule has 1 aliphatic rings. The fourth-order valence-electron chi connectivity index (χ4n) is 3.92. The second-order valence-corrected chi connectivity index (χ2v) is 9.98. The number of nitrogens with zero attached hydrogens (tertiary/aromatic N) is 1. The van der Waals surface area contributed by atoms with E-state index >= 15 is 0 Å². The van der Waals surface area contributed by atoms with Crippen molar-refractivity contribution in [3.05, 3.63) is 112 Å². The molecule has 1 atom stereocenters. The maximum absolute atomic E-state index is 12.5. The van der Waals surface area contributed by atoms with Crippen molar-refractivity contribution in [2.45, 2.75) is 12.5 Å². The maximum atomic E-state index is 12.5. The molecule has 4 rings (SSSR count). The summed E-state index contributed by atoms with van der Waals surface area (Å²) in [6, 6.07) is 23.8.